The molecule has 1 saturated heterocycles. The van der Waals surface area contributed by atoms with Gasteiger partial charge < -0.3 is 19.9 Å². The molecule has 1 aliphatic carbocycles. The molecule has 2 aliphatic rings. The predicted molar refractivity (Wildman–Crippen MR) is 119 cm³/mol. The fraction of sp³-hybridized carbons (Fsp3) is 0.391. The zero-order chi connectivity index (χ0) is 25.0. The van der Waals surface area contributed by atoms with Crippen LogP contribution in [0.4, 0.5) is 23.7 Å². The van der Waals surface area contributed by atoms with Crippen LogP contribution in [-0.2, 0) is 6.18 Å². The van der Waals surface area contributed by atoms with Gasteiger partial charge >= 0.3 is 12.2 Å². The lowest BCUT2D eigenvalue weighted by atomic mass is 9.60. The number of carbonyl (C=O) groups excluding carboxylic acids is 2. The number of amides is 3. The van der Waals surface area contributed by atoms with Gasteiger partial charge in [0, 0.05) is 50.1 Å². The number of nitrogens with zero attached hydrogens (tertiary/aromatic N) is 5. The molecule has 0 bridgehead atoms. The third kappa shape index (κ3) is 4.13. The van der Waals surface area contributed by atoms with Crippen LogP contribution >= 0.6 is 0 Å². The summed E-state index contributed by atoms with van der Waals surface area (Å²) in [6.45, 7) is 1.16. The lowest BCUT2D eigenvalue weighted by molar-refractivity contribution is -0.137. The van der Waals surface area contributed by atoms with Gasteiger partial charge in [-0.15, -0.1) is 0 Å². The van der Waals surface area contributed by atoms with E-state index in [2.05, 4.69) is 15.4 Å². The Morgan fingerprint density at radius 3 is 2.63 bits per heavy atom. The van der Waals surface area contributed by atoms with Crippen LogP contribution in [0.15, 0.2) is 43.0 Å². The molecule has 3 aromatic heterocycles. The largest absolute Gasteiger partial charge is 0.497 e. The van der Waals surface area contributed by atoms with E-state index in [-0.39, 0.29) is 23.1 Å². The number of methoxy groups -OCH3 is 1. The molecule has 0 radical (unpaired) electrons. The minimum Gasteiger partial charge on any atom is -0.497 e. The van der Waals surface area contributed by atoms with Gasteiger partial charge in [0.2, 0.25) is 0 Å². The minimum absolute atomic E-state index is 0.0174. The van der Waals surface area contributed by atoms with Crippen LogP contribution in [0.1, 0.15) is 28.8 Å². The maximum atomic E-state index is 13.0. The highest BCUT2D eigenvalue weighted by atomic mass is 19.4. The highest BCUT2D eigenvalue weighted by Crippen LogP contribution is 2.50. The van der Waals surface area contributed by atoms with Crippen molar-refractivity contribution in [2.45, 2.75) is 25.1 Å². The van der Waals surface area contributed by atoms with E-state index in [1.165, 1.54) is 11.1 Å². The number of rotatable bonds is 4. The minimum atomic E-state index is -4.54. The molecule has 0 atom stereocenters. The third-order valence-electron chi connectivity index (χ3n) is 6.82. The number of likely N-dealkylation sites (tertiary alicyclic amines) is 1. The fourth-order valence-corrected chi connectivity index (χ4v) is 4.84. The number of pyridine rings is 2. The van der Waals surface area contributed by atoms with Crippen LogP contribution in [0.2, 0.25) is 0 Å². The first kappa shape index (κ1) is 22.9. The Bertz CT molecular complexity index is 1290. The number of urea groups is 1. The van der Waals surface area contributed by atoms with Gasteiger partial charge in [-0.25, -0.2) is 9.31 Å². The molecule has 9 nitrogen and oxygen atoms in total. The average molecular weight is 488 g/mol. The lowest BCUT2D eigenvalue weighted by Gasteiger charge is -2.60. The SMILES string of the molecule is COc1ccn2ncc(C(=O)N3CC4(CC(N(C)C(=O)Nc5cncc(C(F)(F)F)c5)C4)C3)c2c1. The van der Waals surface area contributed by atoms with Crippen molar-refractivity contribution >= 4 is 23.1 Å². The van der Waals surface area contributed by atoms with E-state index in [0.717, 1.165) is 6.07 Å². The summed E-state index contributed by atoms with van der Waals surface area (Å²) >= 11 is 0. The van der Waals surface area contributed by atoms with Crippen LogP contribution < -0.4 is 10.1 Å². The van der Waals surface area contributed by atoms with E-state index in [9.17, 15) is 22.8 Å². The van der Waals surface area contributed by atoms with Crippen molar-refractivity contribution in [1.82, 2.24) is 24.4 Å². The summed E-state index contributed by atoms with van der Waals surface area (Å²) in [6, 6.07) is 3.82. The lowest BCUT2D eigenvalue weighted by Crippen LogP contribution is -2.67. The van der Waals surface area contributed by atoms with Gasteiger partial charge in [-0.1, -0.05) is 0 Å². The molecule has 35 heavy (non-hydrogen) atoms. The molecule has 2 fully saturated rings. The van der Waals surface area contributed by atoms with E-state index in [1.54, 1.807) is 48.1 Å². The predicted octanol–water partition coefficient (Wildman–Crippen LogP) is 3.53. The van der Waals surface area contributed by atoms with Gasteiger partial charge in [0.25, 0.3) is 5.91 Å². The van der Waals surface area contributed by atoms with Crippen LogP contribution in [0.25, 0.3) is 5.52 Å². The number of hydrogen-bond donors (Lipinski definition) is 1. The monoisotopic (exact) mass is 488 g/mol. The topological polar surface area (TPSA) is 92.1 Å². The molecule has 3 aromatic rings. The quantitative estimate of drug-likeness (QED) is 0.607. The number of nitrogens with one attached hydrogen (secondary N) is 1. The molecule has 5 rings (SSSR count). The van der Waals surface area contributed by atoms with Crippen molar-refractivity contribution in [3.05, 3.63) is 54.1 Å². The second-order valence-electron chi connectivity index (χ2n) is 9.18. The van der Waals surface area contributed by atoms with Gasteiger partial charge in [0.15, 0.2) is 0 Å². The molecular formula is C23H23F3N6O3. The number of aromatic nitrogens is 3. The van der Waals surface area contributed by atoms with Gasteiger partial charge in [-0.05, 0) is 25.0 Å². The Kier molecular flexibility index (Phi) is 5.33. The molecule has 1 spiro atoms. The summed E-state index contributed by atoms with van der Waals surface area (Å²) in [5.74, 6) is 0.529. The van der Waals surface area contributed by atoms with E-state index < -0.39 is 17.8 Å². The highest BCUT2D eigenvalue weighted by Gasteiger charge is 2.55. The van der Waals surface area contributed by atoms with Crippen LogP contribution in [0.5, 0.6) is 5.75 Å². The summed E-state index contributed by atoms with van der Waals surface area (Å²) in [5.41, 5.74) is 0.177. The Morgan fingerprint density at radius 1 is 1.20 bits per heavy atom. The van der Waals surface area contributed by atoms with Crippen LogP contribution in [0.3, 0.4) is 0 Å². The molecule has 4 heterocycles. The van der Waals surface area contributed by atoms with E-state index in [1.807, 2.05) is 0 Å². The highest BCUT2D eigenvalue weighted by molar-refractivity contribution is 6.01. The molecule has 0 unspecified atom stereocenters. The van der Waals surface area contributed by atoms with Gasteiger partial charge in [0.1, 0.15) is 5.75 Å². The molecule has 0 aromatic carbocycles. The Morgan fingerprint density at radius 2 is 1.94 bits per heavy atom. The van der Waals surface area contributed by atoms with E-state index in [4.69, 9.17) is 4.74 Å². The summed E-state index contributed by atoms with van der Waals surface area (Å²) in [4.78, 5) is 32.4. The molecule has 12 heteroatoms. The smallest absolute Gasteiger partial charge is 0.417 e. The van der Waals surface area contributed by atoms with Crippen molar-refractivity contribution in [1.29, 1.82) is 0 Å². The second kappa shape index (κ2) is 8.14. The second-order valence-corrected chi connectivity index (χ2v) is 9.18. The zero-order valence-corrected chi connectivity index (χ0v) is 19.0. The van der Waals surface area contributed by atoms with Gasteiger partial charge in [-0.3, -0.25) is 9.78 Å². The first-order valence-electron chi connectivity index (χ1n) is 11.0. The first-order valence-corrected chi connectivity index (χ1v) is 11.0. The number of ether oxygens (including phenoxy) is 1. The molecular weight excluding hydrogens is 465 g/mol. The van der Waals surface area contributed by atoms with Crippen molar-refractivity contribution < 1.29 is 27.5 Å². The maximum Gasteiger partial charge on any atom is 0.417 e. The Labute approximate surface area is 198 Å². The normalized spacial score (nSPS) is 17.1. The van der Waals surface area contributed by atoms with Crippen molar-refractivity contribution in [2.75, 3.05) is 32.6 Å². The van der Waals surface area contributed by atoms with Crippen LogP contribution in [0, 0.1) is 5.41 Å². The number of anilines is 1. The van der Waals surface area contributed by atoms with Crippen LogP contribution in [-0.4, -0.2) is 69.6 Å². The number of alkyl halides is 3. The standard InChI is InChI=1S/C23H23F3N6O3/c1-30(21(34)29-15-5-14(9-27-10-15)23(24,25)26)16-7-22(8-16)12-31(13-22)20(33)18-11-28-32-4-3-17(35-2)6-19(18)32/h3-6,9-11,16H,7-8,12-13H2,1-2H3,(H,29,34). The number of halogens is 3. The van der Waals surface area contributed by atoms with E-state index in [0.29, 0.717) is 49.0 Å². The van der Waals surface area contributed by atoms with Crippen molar-refractivity contribution in [3.63, 3.8) is 0 Å². The molecule has 1 N–H and O–H groups in total. The van der Waals surface area contributed by atoms with Gasteiger partial charge in [0.05, 0.1) is 41.8 Å². The molecule has 3 amide bonds. The zero-order valence-electron chi connectivity index (χ0n) is 19.0. The maximum absolute atomic E-state index is 13.0. The Hall–Kier alpha value is -3.83. The molecule has 1 saturated carbocycles. The third-order valence-corrected chi connectivity index (χ3v) is 6.82. The first-order chi connectivity index (χ1) is 16.6. The summed E-state index contributed by atoms with van der Waals surface area (Å²) < 4.78 is 45.5. The van der Waals surface area contributed by atoms with Gasteiger partial charge in [-0.2, -0.15) is 18.3 Å². The molecule has 1 aliphatic heterocycles. The Balaban J connectivity index is 1.16. The average Bonchev–Trinajstić information content (AvgIpc) is 3.19. The van der Waals surface area contributed by atoms with E-state index >= 15 is 0 Å². The summed E-state index contributed by atoms with van der Waals surface area (Å²) in [6.07, 6.45) is 2.05. The number of carbonyl (C=O) groups is 2. The number of fused-ring (bicyclic) bond motifs is 1. The van der Waals surface area contributed by atoms with Crippen molar-refractivity contribution in [2.24, 2.45) is 5.41 Å². The molecule has 184 valence electrons. The number of hydrogen-bond acceptors (Lipinski definition) is 5. The summed E-state index contributed by atoms with van der Waals surface area (Å²) in [5, 5.41) is 6.71. The fourth-order valence-electron chi connectivity index (χ4n) is 4.84. The summed E-state index contributed by atoms with van der Waals surface area (Å²) in [7, 11) is 3.17. The van der Waals surface area contributed by atoms with Crippen molar-refractivity contribution in [3.8, 4) is 5.75 Å².